The second kappa shape index (κ2) is 1.81. The minimum absolute atomic E-state index is 1.29. The predicted molar refractivity (Wildman–Crippen MR) is 50.8 cm³/mol. The lowest BCUT2D eigenvalue weighted by Crippen LogP contribution is -1.78. The van der Waals surface area contributed by atoms with Crippen molar-refractivity contribution >= 4 is 16.6 Å². The van der Waals surface area contributed by atoms with E-state index in [2.05, 4.69) is 47.7 Å². The molecule has 0 aliphatic rings. The van der Waals surface area contributed by atoms with E-state index in [9.17, 15) is 0 Å². The van der Waals surface area contributed by atoms with Crippen LogP contribution < -0.4 is 0 Å². The van der Waals surface area contributed by atoms with E-state index >= 15 is 0 Å². The van der Waals surface area contributed by atoms with E-state index in [1.807, 2.05) is 0 Å². The maximum Gasteiger partial charge on any atom is 0.0492 e. The Balaban J connectivity index is 2.77. The van der Waals surface area contributed by atoms with Crippen LogP contribution in [0.1, 0.15) is 5.56 Å². The predicted octanol–water partition coefficient (Wildman–Crippen LogP) is 2.84. The molecule has 0 amide bonds. The highest BCUT2D eigenvalue weighted by atomic mass is 14.9. The van der Waals surface area contributed by atoms with Gasteiger partial charge in [-0.05, 0) is 42.8 Å². The van der Waals surface area contributed by atoms with E-state index in [0.29, 0.717) is 0 Å². The lowest BCUT2D eigenvalue weighted by Gasteiger charge is -1.93. The van der Waals surface area contributed by atoms with Gasteiger partial charge in [-0.25, -0.2) is 0 Å². The third-order valence-electron chi connectivity index (χ3n) is 2.47. The van der Waals surface area contributed by atoms with Crippen LogP contribution in [-0.4, -0.2) is 4.40 Å². The Bertz CT molecular complexity index is 533. The molecular formula is C11H9N. The first-order chi connectivity index (χ1) is 5.86. The molecular weight excluding hydrogens is 146 g/mol. The van der Waals surface area contributed by atoms with Crippen LogP contribution >= 0.6 is 0 Å². The summed E-state index contributed by atoms with van der Waals surface area (Å²) in [4.78, 5) is 0. The highest BCUT2D eigenvalue weighted by molar-refractivity contribution is 5.77. The molecule has 0 N–H and O–H groups in total. The molecule has 1 nitrogen and oxygen atoms in total. The molecule has 3 heterocycles. The Morgan fingerprint density at radius 2 is 1.83 bits per heavy atom. The Labute approximate surface area is 70.6 Å². The first-order valence-corrected chi connectivity index (χ1v) is 4.15. The van der Waals surface area contributed by atoms with Crippen LogP contribution in [0, 0.1) is 6.92 Å². The van der Waals surface area contributed by atoms with E-state index in [4.69, 9.17) is 0 Å². The molecule has 3 aromatic rings. The van der Waals surface area contributed by atoms with Crippen molar-refractivity contribution in [2.75, 3.05) is 0 Å². The van der Waals surface area contributed by atoms with Crippen LogP contribution in [0.15, 0.2) is 36.4 Å². The fourth-order valence-corrected chi connectivity index (χ4v) is 1.91. The molecule has 0 atom stereocenters. The molecule has 1 heteroatoms. The largest absolute Gasteiger partial charge is 0.310 e. The normalized spacial score (nSPS) is 11.8. The summed E-state index contributed by atoms with van der Waals surface area (Å²) in [5, 5.41) is 0. The summed E-state index contributed by atoms with van der Waals surface area (Å²) in [7, 11) is 0. The molecule has 3 aromatic heterocycles. The zero-order valence-electron chi connectivity index (χ0n) is 6.91. The molecule has 58 valence electrons. The molecule has 0 saturated heterocycles. The van der Waals surface area contributed by atoms with Crippen molar-refractivity contribution in [2.45, 2.75) is 6.92 Å². The van der Waals surface area contributed by atoms with Gasteiger partial charge in [0.25, 0.3) is 0 Å². The maximum atomic E-state index is 2.29. The topological polar surface area (TPSA) is 4.41 Å². The number of pyridine rings is 1. The fraction of sp³-hybridized carbons (Fsp3) is 0.0909. The number of aryl methyl sites for hydroxylation is 1. The van der Waals surface area contributed by atoms with Crippen LogP contribution in [0.25, 0.3) is 16.6 Å². The number of hydrogen-bond donors (Lipinski definition) is 0. The summed E-state index contributed by atoms with van der Waals surface area (Å²) in [6, 6.07) is 12.9. The van der Waals surface area contributed by atoms with E-state index in [-0.39, 0.29) is 0 Å². The Hall–Kier alpha value is -1.50. The molecule has 0 fully saturated rings. The van der Waals surface area contributed by atoms with Gasteiger partial charge in [0.05, 0.1) is 0 Å². The minimum atomic E-state index is 1.29. The third-order valence-corrected chi connectivity index (χ3v) is 2.47. The number of hydrogen-bond acceptors (Lipinski definition) is 0. The zero-order valence-corrected chi connectivity index (χ0v) is 6.91. The van der Waals surface area contributed by atoms with Crippen molar-refractivity contribution in [3.63, 3.8) is 0 Å². The number of rotatable bonds is 0. The monoisotopic (exact) mass is 155 g/mol. The third kappa shape index (κ3) is 0.549. The molecule has 0 aromatic carbocycles. The average Bonchev–Trinajstić information content (AvgIpc) is 2.60. The highest BCUT2D eigenvalue weighted by Crippen LogP contribution is 2.22. The van der Waals surface area contributed by atoms with Gasteiger partial charge in [-0.1, -0.05) is 6.07 Å². The second-order valence-electron chi connectivity index (χ2n) is 3.26. The van der Waals surface area contributed by atoms with Gasteiger partial charge in [-0.2, -0.15) is 0 Å². The van der Waals surface area contributed by atoms with Gasteiger partial charge >= 0.3 is 0 Å². The number of aromatic nitrogens is 1. The molecule has 12 heavy (non-hydrogen) atoms. The SMILES string of the molecule is Cc1cc2cccc3ccc1n32. The van der Waals surface area contributed by atoms with Crippen LogP contribution in [0.4, 0.5) is 0 Å². The Kier molecular flexibility index (Phi) is 0.912. The van der Waals surface area contributed by atoms with E-state index < -0.39 is 0 Å². The van der Waals surface area contributed by atoms with Crippen molar-refractivity contribution in [3.8, 4) is 0 Å². The van der Waals surface area contributed by atoms with Crippen molar-refractivity contribution in [2.24, 2.45) is 0 Å². The molecule has 0 aliphatic heterocycles. The minimum Gasteiger partial charge on any atom is -0.310 e. The van der Waals surface area contributed by atoms with Gasteiger partial charge < -0.3 is 4.40 Å². The summed E-state index contributed by atoms with van der Waals surface area (Å²) in [5.41, 5.74) is 5.28. The summed E-state index contributed by atoms with van der Waals surface area (Å²) in [5.74, 6) is 0. The van der Waals surface area contributed by atoms with Crippen LogP contribution in [-0.2, 0) is 0 Å². The quantitative estimate of drug-likeness (QED) is 0.470. The first kappa shape index (κ1) is 6.06. The van der Waals surface area contributed by atoms with Gasteiger partial charge in [0.1, 0.15) is 0 Å². The molecule has 0 saturated carbocycles. The second-order valence-corrected chi connectivity index (χ2v) is 3.26. The molecule has 0 aliphatic carbocycles. The summed E-state index contributed by atoms with van der Waals surface area (Å²) in [6.07, 6.45) is 0. The van der Waals surface area contributed by atoms with Crippen LogP contribution in [0.2, 0.25) is 0 Å². The summed E-state index contributed by atoms with van der Waals surface area (Å²) in [6.45, 7) is 2.15. The van der Waals surface area contributed by atoms with Gasteiger partial charge in [0.2, 0.25) is 0 Å². The molecule has 0 spiro atoms. The van der Waals surface area contributed by atoms with Gasteiger partial charge in [-0.3, -0.25) is 0 Å². The van der Waals surface area contributed by atoms with Crippen LogP contribution in [0.3, 0.4) is 0 Å². The van der Waals surface area contributed by atoms with Gasteiger partial charge in [0, 0.05) is 16.6 Å². The van der Waals surface area contributed by atoms with Crippen molar-refractivity contribution in [1.29, 1.82) is 0 Å². The fourth-order valence-electron chi connectivity index (χ4n) is 1.91. The smallest absolute Gasteiger partial charge is 0.0492 e. The number of nitrogens with zero attached hydrogens (tertiary/aromatic N) is 1. The van der Waals surface area contributed by atoms with Crippen molar-refractivity contribution in [1.82, 2.24) is 4.40 Å². The van der Waals surface area contributed by atoms with Gasteiger partial charge in [0.15, 0.2) is 0 Å². The average molecular weight is 155 g/mol. The van der Waals surface area contributed by atoms with Crippen molar-refractivity contribution in [3.05, 3.63) is 42.0 Å². The highest BCUT2D eigenvalue weighted by Gasteiger charge is 2.04. The summed E-state index contributed by atoms with van der Waals surface area (Å²) < 4.78 is 2.29. The van der Waals surface area contributed by atoms with E-state index in [1.54, 1.807) is 0 Å². The van der Waals surface area contributed by atoms with Gasteiger partial charge in [-0.15, -0.1) is 0 Å². The zero-order chi connectivity index (χ0) is 8.13. The summed E-state index contributed by atoms with van der Waals surface area (Å²) >= 11 is 0. The lowest BCUT2D eigenvalue weighted by atomic mass is 10.3. The molecule has 0 bridgehead atoms. The Morgan fingerprint density at radius 1 is 1.00 bits per heavy atom. The first-order valence-electron chi connectivity index (χ1n) is 4.15. The maximum absolute atomic E-state index is 2.29. The van der Waals surface area contributed by atoms with E-state index in [1.165, 1.54) is 22.1 Å². The van der Waals surface area contributed by atoms with E-state index in [0.717, 1.165) is 0 Å². The Morgan fingerprint density at radius 3 is 2.75 bits per heavy atom. The standard InChI is InChI=1S/C11H9N/c1-8-7-10-4-2-3-9-5-6-11(8)12(9)10/h2-7H,1H3. The van der Waals surface area contributed by atoms with Crippen LogP contribution in [0.5, 0.6) is 0 Å². The molecule has 0 radical (unpaired) electrons. The molecule has 3 rings (SSSR count). The van der Waals surface area contributed by atoms with Crippen molar-refractivity contribution < 1.29 is 0 Å². The molecule has 0 unspecified atom stereocenters. The lowest BCUT2D eigenvalue weighted by molar-refractivity contribution is 1.34.